The maximum atomic E-state index is 10.8. The van der Waals surface area contributed by atoms with Crippen LogP contribution >= 0.6 is 0 Å². The highest BCUT2D eigenvalue weighted by Gasteiger charge is 2.23. The fourth-order valence-electron chi connectivity index (χ4n) is 4.64. The van der Waals surface area contributed by atoms with Crippen molar-refractivity contribution in [2.75, 3.05) is 63.6 Å². The van der Waals surface area contributed by atoms with Crippen LogP contribution in [0.15, 0.2) is 54.9 Å². The molecule has 0 amide bonds. The minimum absolute atomic E-state index is 0.401. The van der Waals surface area contributed by atoms with Gasteiger partial charge in [-0.1, -0.05) is 12.1 Å². The fraction of sp³-hybridized carbons (Fsp3) is 0.429. The Balaban J connectivity index is 1.38. The molecule has 1 saturated heterocycles. The van der Waals surface area contributed by atoms with E-state index in [1.807, 2.05) is 31.4 Å². The standard InChI is InChI=1S/C28H38N8O/c1-22-20-35(16-17-37)14-15-36(22)21-23-6-4-7-25(18-23)32-28-30-12-10-26(33-28)24-8-9-27(31-19-24)34(3)13-5-11-29-2/h4,6-10,12,17-19,22,29H,5,11,13-16,20-21H2,1-3H3,(H,30,32,33). The number of aldehydes is 1. The number of benzene rings is 1. The first kappa shape index (κ1) is 26.7. The second-order valence-corrected chi connectivity index (χ2v) is 9.62. The number of anilines is 3. The number of nitrogens with one attached hydrogen (secondary N) is 2. The number of aromatic nitrogens is 3. The van der Waals surface area contributed by atoms with E-state index < -0.39 is 0 Å². The van der Waals surface area contributed by atoms with Gasteiger partial charge < -0.3 is 20.3 Å². The van der Waals surface area contributed by atoms with Crippen molar-refractivity contribution >= 4 is 23.7 Å². The Hall–Kier alpha value is -3.40. The molecule has 1 unspecified atom stereocenters. The summed E-state index contributed by atoms with van der Waals surface area (Å²) in [6, 6.07) is 14.8. The maximum Gasteiger partial charge on any atom is 0.227 e. The third kappa shape index (κ3) is 7.55. The van der Waals surface area contributed by atoms with E-state index in [0.717, 1.165) is 74.7 Å². The summed E-state index contributed by atoms with van der Waals surface area (Å²) < 4.78 is 0. The topological polar surface area (TPSA) is 89.5 Å². The molecule has 1 atom stereocenters. The van der Waals surface area contributed by atoms with Gasteiger partial charge >= 0.3 is 0 Å². The largest absolute Gasteiger partial charge is 0.360 e. The number of pyridine rings is 1. The minimum Gasteiger partial charge on any atom is -0.360 e. The molecule has 1 fully saturated rings. The number of hydrogen-bond acceptors (Lipinski definition) is 9. The van der Waals surface area contributed by atoms with Crippen LogP contribution in [0.25, 0.3) is 11.3 Å². The summed E-state index contributed by atoms with van der Waals surface area (Å²) in [6.45, 7) is 8.34. The van der Waals surface area contributed by atoms with Crippen molar-refractivity contribution in [1.29, 1.82) is 0 Å². The van der Waals surface area contributed by atoms with Gasteiger partial charge in [-0.05, 0) is 62.8 Å². The highest BCUT2D eigenvalue weighted by Crippen LogP contribution is 2.22. The van der Waals surface area contributed by atoms with Crippen molar-refractivity contribution in [1.82, 2.24) is 30.1 Å². The van der Waals surface area contributed by atoms with Gasteiger partial charge in [0, 0.05) is 69.5 Å². The van der Waals surface area contributed by atoms with Gasteiger partial charge in [0.05, 0.1) is 12.2 Å². The molecule has 2 aromatic heterocycles. The van der Waals surface area contributed by atoms with E-state index in [1.54, 1.807) is 6.20 Å². The SMILES string of the molecule is CNCCCN(C)c1ccc(-c2ccnc(Nc3cccc(CN4CCN(CC=O)CC4C)c3)n2)cn1. The number of nitrogens with zero attached hydrogens (tertiary/aromatic N) is 6. The monoisotopic (exact) mass is 502 g/mol. The molecule has 1 aliphatic heterocycles. The molecule has 9 nitrogen and oxygen atoms in total. The summed E-state index contributed by atoms with van der Waals surface area (Å²) in [4.78, 5) is 31.5. The molecule has 2 N–H and O–H groups in total. The first-order valence-corrected chi connectivity index (χ1v) is 13.0. The zero-order valence-electron chi connectivity index (χ0n) is 22.1. The van der Waals surface area contributed by atoms with Crippen molar-refractivity contribution in [2.45, 2.75) is 25.9 Å². The average Bonchev–Trinajstić information content (AvgIpc) is 2.91. The van der Waals surface area contributed by atoms with Gasteiger partial charge in [0.2, 0.25) is 5.95 Å². The quantitative estimate of drug-likeness (QED) is 0.286. The number of hydrogen-bond donors (Lipinski definition) is 2. The van der Waals surface area contributed by atoms with Gasteiger partial charge in [-0.15, -0.1) is 0 Å². The zero-order valence-corrected chi connectivity index (χ0v) is 22.1. The van der Waals surface area contributed by atoms with Crippen molar-refractivity contribution in [3.63, 3.8) is 0 Å². The van der Waals surface area contributed by atoms with Gasteiger partial charge in [-0.3, -0.25) is 9.80 Å². The van der Waals surface area contributed by atoms with Crippen molar-refractivity contribution < 1.29 is 4.79 Å². The van der Waals surface area contributed by atoms with Crippen LogP contribution < -0.4 is 15.5 Å². The first-order chi connectivity index (χ1) is 18.1. The minimum atomic E-state index is 0.401. The lowest BCUT2D eigenvalue weighted by Crippen LogP contribution is -2.51. The van der Waals surface area contributed by atoms with Crippen LogP contribution in [-0.2, 0) is 11.3 Å². The van der Waals surface area contributed by atoms with Gasteiger partial charge in [-0.2, -0.15) is 0 Å². The lowest BCUT2D eigenvalue weighted by Gasteiger charge is -2.39. The molecule has 3 heterocycles. The molecule has 1 aromatic carbocycles. The van der Waals surface area contributed by atoms with Gasteiger partial charge in [-0.25, -0.2) is 15.0 Å². The molecule has 3 aromatic rings. The van der Waals surface area contributed by atoms with Crippen LogP contribution in [0, 0.1) is 0 Å². The molecular formula is C28H38N8O. The third-order valence-corrected chi connectivity index (χ3v) is 6.76. The van der Waals surface area contributed by atoms with Crippen LogP contribution in [0.5, 0.6) is 0 Å². The molecule has 9 heteroatoms. The Morgan fingerprint density at radius 3 is 2.81 bits per heavy atom. The van der Waals surface area contributed by atoms with E-state index in [9.17, 15) is 4.79 Å². The second kappa shape index (κ2) is 13.2. The van der Waals surface area contributed by atoms with Crippen molar-refractivity contribution in [2.24, 2.45) is 0 Å². The molecule has 0 saturated carbocycles. The summed E-state index contributed by atoms with van der Waals surface area (Å²) in [5.41, 5.74) is 3.97. The Labute approximate surface area is 219 Å². The molecule has 0 spiro atoms. The molecule has 4 rings (SSSR count). The van der Waals surface area contributed by atoms with Gasteiger partial charge in [0.25, 0.3) is 0 Å². The summed E-state index contributed by atoms with van der Waals surface area (Å²) in [5.74, 6) is 1.50. The lowest BCUT2D eigenvalue weighted by atomic mass is 10.1. The average molecular weight is 503 g/mol. The first-order valence-electron chi connectivity index (χ1n) is 13.0. The predicted octanol–water partition coefficient (Wildman–Crippen LogP) is 3.03. The second-order valence-electron chi connectivity index (χ2n) is 9.62. The number of carbonyl (C=O) groups is 1. The summed E-state index contributed by atoms with van der Waals surface area (Å²) >= 11 is 0. The summed E-state index contributed by atoms with van der Waals surface area (Å²) in [6.07, 6.45) is 5.70. The third-order valence-electron chi connectivity index (χ3n) is 6.76. The van der Waals surface area contributed by atoms with Crippen LogP contribution in [0.2, 0.25) is 0 Å². The van der Waals surface area contributed by atoms with Crippen LogP contribution in [0.1, 0.15) is 18.9 Å². The Morgan fingerprint density at radius 2 is 2.05 bits per heavy atom. The fourth-order valence-corrected chi connectivity index (χ4v) is 4.64. The normalized spacial score (nSPS) is 16.5. The molecule has 37 heavy (non-hydrogen) atoms. The molecule has 1 aliphatic rings. The predicted molar refractivity (Wildman–Crippen MR) is 149 cm³/mol. The van der Waals surface area contributed by atoms with E-state index >= 15 is 0 Å². The van der Waals surface area contributed by atoms with E-state index in [2.05, 4.69) is 73.5 Å². The Kier molecular flexibility index (Phi) is 9.53. The summed E-state index contributed by atoms with van der Waals surface area (Å²) in [5, 5.41) is 6.54. The number of piperazine rings is 1. The smallest absolute Gasteiger partial charge is 0.227 e. The van der Waals surface area contributed by atoms with Gasteiger partial charge in [0.1, 0.15) is 12.1 Å². The molecular weight excluding hydrogens is 464 g/mol. The van der Waals surface area contributed by atoms with E-state index in [4.69, 9.17) is 4.98 Å². The van der Waals surface area contributed by atoms with Crippen LogP contribution in [0.3, 0.4) is 0 Å². The van der Waals surface area contributed by atoms with E-state index in [0.29, 0.717) is 18.5 Å². The van der Waals surface area contributed by atoms with Crippen molar-refractivity contribution in [3.8, 4) is 11.3 Å². The van der Waals surface area contributed by atoms with Crippen LogP contribution in [0.4, 0.5) is 17.5 Å². The molecule has 0 bridgehead atoms. The van der Waals surface area contributed by atoms with E-state index in [1.165, 1.54) is 5.56 Å². The van der Waals surface area contributed by atoms with E-state index in [-0.39, 0.29) is 0 Å². The maximum absolute atomic E-state index is 10.8. The molecule has 0 aliphatic carbocycles. The lowest BCUT2D eigenvalue weighted by molar-refractivity contribution is -0.109. The van der Waals surface area contributed by atoms with Crippen molar-refractivity contribution in [3.05, 3.63) is 60.4 Å². The Morgan fingerprint density at radius 1 is 1.16 bits per heavy atom. The number of carbonyl (C=O) groups excluding carboxylic acids is 1. The van der Waals surface area contributed by atoms with Crippen LogP contribution in [-0.4, -0.2) is 90.4 Å². The summed E-state index contributed by atoms with van der Waals surface area (Å²) in [7, 11) is 4.03. The number of rotatable bonds is 12. The molecule has 0 radical (unpaired) electrons. The highest BCUT2D eigenvalue weighted by atomic mass is 16.1. The molecule has 196 valence electrons. The zero-order chi connectivity index (χ0) is 26.0. The van der Waals surface area contributed by atoms with Gasteiger partial charge in [0.15, 0.2) is 0 Å². The Bertz CT molecular complexity index is 1140. The highest BCUT2D eigenvalue weighted by molar-refractivity contribution is 5.62.